The fraction of sp³-hybridized carbons (Fsp3) is 0.467. The number of aliphatic carboxylic acids is 1. The molecule has 1 aromatic carbocycles. The zero-order valence-electron chi connectivity index (χ0n) is 11.4. The first-order chi connectivity index (χ1) is 9.46. The molecular formula is C15H19NO4. The lowest BCUT2D eigenvalue weighted by atomic mass is 9.92. The highest BCUT2D eigenvalue weighted by atomic mass is 16.4. The summed E-state index contributed by atoms with van der Waals surface area (Å²) in [6, 6.07) is 9.31. The van der Waals surface area contributed by atoms with E-state index >= 15 is 0 Å². The third-order valence-electron chi connectivity index (χ3n) is 3.97. The van der Waals surface area contributed by atoms with Crippen LogP contribution in [0, 0.1) is 11.3 Å². The van der Waals surface area contributed by atoms with E-state index in [0.717, 1.165) is 18.4 Å². The molecular weight excluding hydrogens is 258 g/mol. The zero-order valence-corrected chi connectivity index (χ0v) is 11.4. The van der Waals surface area contributed by atoms with Gasteiger partial charge in [-0.15, -0.1) is 0 Å². The molecule has 0 spiro atoms. The zero-order chi connectivity index (χ0) is 14.8. The van der Waals surface area contributed by atoms with Crippen LogP contribution in [0.5, 0.6) is 0 Å². The lowest BCUT2D eigenvalue weighted by Gasteiger charge is -2.23. The first-order valence-corrected chi connectivity index (χ1v) is 6.70. The maximum Gasteiger partial charge on any atom is 0.315 e. The first kappa shape index (κ1) is 14.5. The van der Waals surface area contributed by atoms with E-state index in [0.29, 0.717) is 6.54 Å². The Labute approximate surface area is 117 Å². The van der Waals surface area contributed by atoms with Crippen LogP contribution in [0.4, 0.5) is 0 Å². The van der Waals surface area contributed by atoms with Gasteiger partial charge in [-0.25, -0.2) is 0 Å². The Kier molecular flexibility index (Phi) is 4.09. The minimum atomic E-state index is -1.14. The van der Waals surface area contributed by atoms with Crippen molar-refractivity contribution in [2.24, 2.45) is 11.3 Å². The molecule has 1 saturated carbocycles. The summed E-state index contributed by atoms with van der Waals surface area (Å²) in [5.41, 5.74) is 0.473. The normalized spacial score (nSPS) is 18.9. The quantitative estimate of drug-likeness (QED) is 0.685. The minimum Gasteiger partial charge on any atom is -0.481 e. The third-order valence-corrected chi connectivity index (χ3v) is 3.97. The maximum atomic E-state index is 11.6. The Morgan fingerprint density at radius 3 is 2.40 bits per heavy atom. The molecule has 1 aromatic rings. The molecule has 0 aromatic heterocycles. The van der Waals surface area contributed by atoms with E-state index in [1.54, 1.807) is 0 Å². The summed E-state index contributed by atoms with van der Waals surface area (Å²) in [7, 11) is 0. The Morgan fingerprint density at radius 2 is 1.90 bits per heavy atom. The number of carboxylic acid groups (broad SMARTS) is 1. The smallest absolute Gasteiger partial charge is 0.315 e. The molecule has 5 nitrogen and oxygen atoms in total. The van der Waals surface area contributed by atoms with Crippen LogP contribution >= 0.6 is 0 Å². The van der Waals surface area contributed by atoms with Crippen LogP contribution in [0.1, 0.15) is 31.4 Å². The van der Waals surface area contributed by atoms with Crippen molar-refractivity contribution in [2.75, 3.05) is 6.54 Å². The lowest BCUT2D eigenvalue weighted by Crippen LogP contribution is -2.38. The van der Waals surface area contributed by atoms with Crippen molar-refractivity contribution in [1.29, 1.82) is 0 Å². The SMILES string of the molecule is CC(C(=O)O)C(=O)NCC1(C(O)c2ccccc2)CC1. The van der Waals surface area contributed by atoms with Crippen molar-refractivity contribution >= 4 is 11.9 Å². The van der Waals surface area contributed by atoms with E-state index in [-0.39, 0.29) is 5.41 Å². The van der Waals surface area contributed by atoms with Gasteiger partial charge in [-0.1, -0.05) is 30.3 Å². The molecule has 0 heterocycles. The molecule has 2 atom stereocenters. The summed E-state index contributed by atoms with van der Waals surface area (Å²) in [5, 5.41) is 21.8. The number of carbonyl (C=O) groups excluding carboxylic acids is 1. The van der Waals surface area contributed by atoms with Gasteiger partial charge in [0.2, 0.25) is 5.91 Å². The average Bonchev–Trinajstić information content (AvgIpc) is 3.25. The van der Waals surface area contributed by atoms with Gasteiger partial charge in [0, 0.05) is 12.0 Å². The van der Waals surface area contributed by atoms with E-state index in [2.05, 4.69) is 5.32 Å². The lowest BCUT2D eigenvalue weighted by molar-refractivity contribution is -0.146. The highest BCUT2D eigenvalue weighted by Crippen LogP contribution is 2.54. The number of carboxylic acids is 1. The number of rotatable bonds is 6. The molecule has 0 saturated heterocycles. The number of benzene rings is 1. The van der Waals surface area contributed by atoms with Crippen LogP contribution < -0.4 is 5.32 Å². The molecule has 0 bridgehead atoms. The predicted molar refractivity (Wildman–Crippen MR) is 72.9 cm³/mol. The number of carbonyl (C=O) groups is 2. The Bertz CT molecular complexity index is 496. The fourth-order valence-corrected chi connectivity index (χ4v) is 2.22. The van der Waals surface area contributed by atoms with Gasteiger partial charge in [0.15, 0.2) is 0 Å². The van der Waals surface area contributed by atoms with E-state index in [1.807, 2.05) is 30.3 Å². The van der Waals surface area contributed by atoms with Gasteiger partial charge in [0.1, 0.15) is 5.92 Å². The van der Waals surface area contributed by atoms with Crippen molar-refractivity contribution in [3.05, 3.63) is 35.9 Å². The Morgan fingerprint density at radius 1 is 1.30 bits per heavy atom. The van der Waals surface area contributed by atoms with E-state index < -0.39 is 23.9 Å². The Balaban J connectivity index is 1.96. The molecule has 1 amide bonds. The monoisotopic (exact) mass is 277 g/mol. The number of aliphatic hydroxyl groups is 1. The molecule has 0 radical (unpaired) electrons. The van der Waals surface area contributed by atoms with Crippen LogP contribution in [0.15, 0.2) is 30.3 Å². The summed E-state index contributed by atoms with van der Waals surface area (Å²) in [5.74, 6) is -2.72. The molecule has 2 unspecified atom stereocenters. The van der Waals surface area contributed by atoms with Crippen LogP contribution in [0.2, 0.25) is 0 Å². The molecule has 1 fully saturated rings. The van der Waals surface area contributed by atoms with Gasteiger partial charge in [-0.05, 0) is 25.3 Å². The third kappa shape index (κ3) is 2.99. The summed E-state index contributed by atoms with van der Waals surface area (Å²) < 4.78 is 0. The number of amides is 1. The van der Waals surface area contributed by atoms with Gasteiger partial charge >= 0.3 is 5.97 Å². The molecule has 2 rings (SSSR count). The standard InChI is InChI=1S/C15H19NO4/c1-10(14(19)20)13(18)16-9-15(7-8-15)12(17)11-5-3-2-4-6-11/h2-6,10,12,17H,7-9H2,1H3,(H,16,18)(H,19,20). The van der Waals surface area contributed by atoms with Crippen molar-refractivity contribution in [1.82, 2.24) is 5.32 Å². The highest BCUT2D eigenvalue weighted by Gasteiger charge is 2.49. The van der Waals surface area contributed by atoms with Crippen molar-refractivity contribution in [2.45, 2.75) is 25.9 Å². The molecule has 1 aliphatic rings. The van der Waals surface area contributed by atoms with Gasteiger partial charge < -0.3 is 15.5 Å². The Hall–Kier alpha value is -1.88. The van der Waals surface area contributed by atoms with Crippen LogP contribution in [0.3, 0.4) is 0 Å². The molecule has 1 aliphatic carbocycles. The second-order valence-electron chi connectivity index (χ2n) is 5.45. The second kappa shape index (κ2) is 5.63. The van der Waals surface area contributed by atoms with Gasteiger partial charge in [-0.2, -0.15) is 0 Å². The minimum absolute atomic E-state index is 0.305. The molecule has 5 heteroatoms. The van der Waals surface area contributed by atoms with Gasteiger partial charge in [0.25, 0.3) is 0 Å². The van der Waals surface area contributed by atoms with Crippen molar-refractivity contribution in [3.8, 4) is 0 Å². The van der Waals surface area contributed by atoms with E-state index in [9.17, 15) is 14.7 Å². The van der Waals surface area contributed by atoms with E-state index in [4.69, 9.17) is 5.11 Å². The fourth-order valence-electron chi connectivity index (χ4n) is 2.22. The summed E-state index contributed by atoms with van der Waals surface area (Å²) in [4.78, 5) is 22.4. The number of hydrogen-bond acceptors (Lipinski definition) is 3. The van der Waals surface area contributed by atoms with E-state index in [1.165, 1.54) is 6.92 Å². The molecule has 3 N–H and O–H groups in total. The van der Waals surface area contributed by atoms with Gasteiger partial charge in [0.05, 0.1) is 6.10 Å². The average molecular weight is 277 g/mol. The van der Waals surface area contributed by atoms with Crippen molar-refractivity contribution < 1.29 is 19.8 Å². The highest BCUT2D eigenvalue weighted by molar-refractivity contribution is 5.96. The van der Waals surface area contributed by atoms with Crippen LogP contribution in [0.25, 0.3) is 0 Å². The number of nitrogens with one attached hydrogen (secondary N) is 1. The molecule has 20 heavy (non-hydrogen) atoms. The first-order valence-electron chi connectivity index (χ1n) is 6.70. The second-order valence-corrected chi connectivity index (χ2v) is 5.45. The van der Waals surface area contributed by atoms with Crippen LogP contribution in [-0.4, -0.2) is 28.6 Å². The number of aliphatic hydroxyl groups excluding tert-OH is 1. The molecule has 0 aliphatic heterocycles. The molecule has 108 valence electrons. The summed E-state index contributed by atoms with van der Waals surface area (Å²) in [6.45, 7) is 1.66. The largest absolute Gasteiger partial charge is 0.481 e. The van der Waals surface area contributed by atoms with Gasteiger partial charge in [-0.3, -0.25) is 9.59 Å². The number of hydrogen-bond donors (Lipinski definition) is 3. The van der Waals surface area contributed by atoms with Crippen LogP contribution in [-0.2, 0) is 9.59 Å². The summed E-state index contributed by atoms with van der Waals surface area (Å²) in [6.07, 6.45) is 1.01. The summed E-state index contributed by atoms with van der Waals surface area (Å²) >= 11 is 0. The van der Waals surface area contributed by atoms with Crippen molar-refractivity contribution in [3.63, 3.8) is 0 Å². The predicted octanol–water partition coefficient (Wildman–Crippen LogP) is 1.34. The topological polar surface area (TPSA) is 86.6 Å². The maximum absolute atomic E-state index is 11.6.